The van der Waals surface area contributed by atoms with Gasteiger partial charge in [0.25, 0.3) is 5.91 Å². The van der Waals surface area contributed by atoms with Gasteiger partial charge in [-0.3, -0.25) is 4.79 Å². The van der Waals surface area contributed by atoms with Crippen LogP contribution < -0.4 is 10.6 Å². The molecule has 2 rings (SSSR count). The fourth-order valence-electron chi connectivity index (χ4n) is 1.79. The van der Waals surface area contributed by atoms with E-state index in [9.17, 15) is 4.79 Å². The topological polar surface area (TPSA) is 54.3 Å². The second-order valence-electron chi connectivity index (χ2n) is 3.93. The molecule has 1 unspecified atom stereocenters. The van der Waals surface area contributed by atoms with Crippen molar-refractivity contribution < 1.29 is 9.21 Å². The van der Waals surface area contributed by atoms with Crippen LogP contribution in [0.1, 0.15) is 29.2 Å². The number of carbonyl (C=O) groups is 1. The van der Waals surface area contributed by atoms with E-state index < -0.39 is 0 Å². The van der Waals surface area contributed by atoms with Crippen molar-refractivity contribution in [3.05, 3.63) is 23.7 Å². The molecule has 1 saturated heterocycles. The second-order valence-corrected chi connectivity index (χ2v) is 3.93. The fourth-order valence-corrected chi connectivity index (χ4v) is 1.79. The van der Waals surface area contributed by atoms with Gasteiger partial charge in [-0.1, -0.05) is 0 Å². The summed E-state index contributed by atoms with van der Waals surface area (Å²) in [4.78, 5) is 11.7. The zero-order chi connectivity index (χ0) is 10.7. The molecule has 0 spiro atoms. The van der Waals surface area contributed by atoms with Gasteiger partial charge in [-0.15, -0.1) is 0 Å². The molecule has 1 aliphatic rings. The van der Waals surface area contributed by atoms with Crippen LogP contribution >= 0.6 is 0 Å². The van der Waals surface area contributed by atoms with Crippen molar-refractivity contribution in [2.75, 3.05) is 13.1 Å². The summed E-state index contributed by atoms with van der Waals surface area (Å²) < 4.78 is 5.25. The lowest BCUT2D eigenvalue weighted by Crippen LogP contribution is -2.45. The van der Waals surface area contributed by atoms with Crippen LogP contribution in [0.4, 0.5) is 0 Å². The number of rotatable bonds is 2. The highest BCUT2D eigenvalue weighted by Gasteiger charge is 2.17. The first-order chi connectivity index (χ1) is 7.25. The Morgan fingerprint density at radius 2 is 2.47 bits per heavy atom. The standard InChI is InChI=1S/C11H16N2O2/c1-8-4-5-10(15-8)11(14)13-9-3-2-6-12-7-9/h4-5,9,12H,2-3,6-7H2,1H3,(H,13,14). The van der Waals surface area contributed by atoms with Crippen molar-refractivity contribution in [3.8, 4) is 0 Å². The minimum atomic E-state index is -0.114. The maximum atomic E-state index is 11.7. The van der Waals surface area contributed by atoms with Crippen LogP contribution in [0.25, 0.3) is 0 Å². The van der Waals surface area contributed by atoms with Crippen molar-refractivity contribution in [1.82, 2.24) is 10.6 Å². The molecule has 1 fully saturated rings. The van der Waals surface area contributed by atoms with Gasteiger partial charge in [0.2, 0.25) is 0 Å². The van der Waals surface area contributed by atoms with Crippen molar-refractivity contribution in [2.45, 2.75) is 25.8 Å². The van der Waals surface area contributed by atoms with E-state index in [2.05, 4.69) is 10.6 Å². The molecule has 0 bridgehead atoms. The van der Waals surface area contributed by atoms with E-state index in [4.69, 9.17) is 4.42 Å². The molecule has 2 N–H and O–H groups in total. The third-order valence-electron chi connectivity index (χ3n) is 2.60. The lowest BCUT2D eigenvalue weighted by molar-refractivity contribution is 0.0901. The maximum Gasteiger partial charge on any atom is 0.287 e. The third kappa shape index (κ3) is 2.59. The monoisotopic (exact) mass is 208 g/mol. The molecule has 1 aliphatic heterocycles. The molecule has 2 heterocycles. The van der Waals surface area contributed by atoms with E-state index in [1.807, 2.05) is 6.92 Å². The number of hydrogen-bond donors (Lipinski definition) is 2. The maximum absolute atomic E-state index is 11.7. The summed E-state index contributed by atoms with van der Waals surface area (Å²) in [5.41, 5.74) is 0. The van der Waals surface area contributed by atoms with Gasteiger partial charge in [0.1, 0.15) is 5.76 Å². The molecule has 0 aromatic carbocycles. The average molecular weight is 208 g/mol. The molecule has 0 radical (unpaired) electrons. The molecule has 4 nitrogen and oxygen atoms in total. The van der Waals surface area contributed by atoms with Gasteiger partial charge in [-0.25, -0.2) is 0 Å². The van der Waals surface area contributed by atoms with Crippen molar-refractivity contribution in [3.63, 3.8) is 0 Å². The lowest BCUT2D eigenvalue weighted by atomic mass is 10.1. The van der Waals surface area contributed by atoms with Gasteiger partial charge in [0.15, 0.2) is 5.76 Å². The number of furan rings is 1. The van der Waals surface area contributed by atoms with E-state index in [1.54, 1.807) is 12.1 Å². The van der Waals surface area contributed by atoms with E-state index in [1.165, 1.54) is 0 Å². The van der Waals surface area contributed by atoms with Crippen LogP contribution in [-0.4, -0.2) is 25.0 Å². The predicted octanol–water partition coefficient (Wildman–Crippen LogP) is 1.07. The SMILES string of the molecule is Cc1ccc(C(=O)NC2CCCNC2)o1. The van der Waals surface area contributed by atoms with Gasteiger partial charge >= 0.3 is 0 Å². The van der Waals surface area contributed by atoms with Crippen molar-refractivity contribution in [2.24, 2.45) is 0 Å². The van der Waals surface area contributed by atoms with Crippen LogP contribution in [-0.2, 0) is 0 Å². The minimum absolute atomic E-state index is 0.114. The highest BCUT2D eigenvalue weighted by atomic mass is 16.3. The summed E-state index contributed by atoms with van der Waals surface area (Å²) in [5, 5.41) is 6.20. The minimum Gasteiger partial charge on any atom is -0.456 e. The number of amides is 1. The first-order valence-electron chi connectivity index (χ1n) is 5.34. The second kappa shape index (κ2) is 4.49. The van der Waals surface area contributed by atoms with E-state index in [0.717, 1.165) is 31.7 Å². The molecular formula is C11H16N2O2. The molecule has 1 aromatic rings. The van der Waals surface area contributed by atoms with Crippen LogP contribution in [0.5, 0.6) is 0 Å². The van der Waals surface area contributed by atoms with Gasteiger partial charge in [0, 0.05) is 12.6 Å². The summed E-state index contributed by atoms with van der Waals surface area (Å²) in [6.45, 7) is 3.73. The summed E-state index contributed by atoms with van der Waals surface area (Å²) in [6, 6.07) is 3.74. The molecule has 0 aliphatic carbocycles. The lowest BCUT2D eigenvalue weighted by Gasteiger charge is -2.23. The van der Waals surface area contributed by atoms with Crippen molar-refractivity contribution >= 4 is 5.91 Å². The fraction of sp³-hybridized carbons (Fsp3) is 0.545. The first kappa shape index (κ1) is 10.2. The predicted molar refractivity (Wildman–Crippen MR) is 56.8 cm³/mol. The largest absolute Gasteiger partial charge is 0.456 e. The highest BCUT2D eigenvalue weighted by Crippen LogP contribution is 2.08. The van der Waals surface area contributed by atoms with Crippen LogP contribution in [0.2, 0.25) is 0 Å². The van der Waals surface area contributed by atoms with Crippen LogP contribution in [0, 0.1) is 6.92 Å². The molecule has 1 atom stereocenters. The van der Waals surface area contributed by atoms with E-state index >= 15 is 0 Å². The Balaban J connectivity index is 1.91. The zero-order valence-corrected chi connectivity index (χ0v) is 8.88. The Hall–Kier alpha value is -1.29. The zero-order valence-electron chi connectivity index (χ0n) is 8.88. The molecular weight excluding hydrogens is 192 g/mol. The molecule has 15 heavy (non-hydrogen) atoms. The highest BCUT2D eigenvalue weighted by molar-refractivity contribution is 5.91. The Bertz CT molecular complexity index is 340. The summed E-state index contributed by atoms with van der Waals surface area (Å²) in [7, 11) is 0. The van der Waals surface area contributed by atoms with Gasteiger partial charge in [-0.05, 0) is 38.4 Å². The Morgan fingerprint density at radius 3 is 3.07 bits per heavy atom. The number of aryl methyl sites for hydroxylation is 1. The molecule has 4 heteroatoms. The van der Waals surface area contributed by atoms with Gasteiger partial charge < -0.3 is 15.1 Å². The van der Waals surface area contributed by atoms with Crippen LogP contribution in [0.3, 0.4) is 0 Å². The number of carbonyl (C=O) groups excluding carboxylic acids is 1. The Kier molecular flexibility index (Phi) is 3.06. The number of piperidine rings is 1. The van der Waals surface area contributed by atoms with E-state index in [0.29, 0.717) is 5.76 Å². The van der Waals surface area contributed by atoms with Gasteiger partial charge in [0.05, 0.1) is 0 Å². The number of nitrogens with one attached hydrogen (secondary N) is 2. The third-order valence-corrected chi connectivity index (χ3v) is 2.60. The smallest absolute Gasteiger partial charge is 0.287 e. The van der Waals surface area contributed by atoms with E-state index in [-0.39, 0.29) is 11.9 Å². The molecule has 82 valence electrons. The summed E-state index contributed by atoms with van der Waals surface area (Å²) >= 11 is 0. The summed E-state index contributed by atoms with van der Waals surface area (Å²) in [5.74, 6) is 1.05. The Labute approximate surface area is 89.0 Å². The van der Waals surface area contributed by atoms with Crippen LogP contribution in [0.15, 0.2) is 16.5 Å². The normalized spacial score (nSPS) is 21.3. The summed E-state index contributed by atoms with van der Waals surface area (Å²) in [6.07, 6.45) is 2.15. The molecule has 1 aromatic heterocycles. The Morgan fingerprint density at radius 1 is 1.60 bits per heavy atom. The average Bonchev–Trinajstić information content (AvgIpc) is 2.66. The first-order valence-corrected chi connectivity index (χ1v) is 5.34. The van der Waals surface area contributed by atoms with Crippen molar-refractivity contribution in [1.29, 1.82) is 0 Å². The molecule has 0 saturated carbocycles. The quantitative estimate of drug-likeness (QED) is 0.764. The molecule has 1 amide bonds. The van der Waals surface area contributed by atoms with Gasteiger partial charge in [-0.2, -0.15) is 0 Å². The number of hydrogen-bond acceptors (Lipinski definition) is 3.